The van der Waals surface area contributed by atoms with Gasteiger partial charge in [0.05, 0.1) is 13.0 Å². The van der Waals surface area contributed by atoms with E-state index < -0.39 is 5.97 Å². The average molecular weight is 236 g/mol. The maximum Gasteiger partial charge on any atom is 0.321 e. The number of carbonyl (C=O) groups excluding carboxylic acids is 2. The molecular formula is C12H16N2O3. The van der Waals surface area contributed by atoms with Gasteiger partial charge < -0.3 is 4.74 Å². The number of hydrogen-bond acceptors (Lipinski definition) is 4. The Morgan fingerprint density at radius 1 is 1.24 bits per heavy atom. The number of carbonyl (C=O) groups is 2. The van der Waals surface area contributed by atoms with Gasteiger partial charge in [-0.3, -0.25) is 15.0 Å². The molecule has 0 aliphatic carbocycles. The first kappa shape index (κ1) is 13.2. The number of esters is 1. The molecule has 5 nitrogen and oxygen atoms in total. The van der Waals surface area contributed by atoms with Crippen LogP contribution in [0.3, 0.4) is 0 Å². The molecule has 0 saturated heterocycles. The summed E-state index contributed by atoms with van der Waals surface area (Å²) in [5.41, 5.74) is 5.87. The Bertz CT molecular complexity index is 365. The van der Waals surface area contributed by atoms with Gasteiger partial charge in [-0.1, -0.05) is 30.3 Å². The van der Waals surface area contributed by atoms with Gasteiger partial charge in [0.2, 0.25) is 5.91 Å². The van der Waals surface area contributed by atoms with E-state index in [4.69, 9.17) is 0 Å². The van der Waals surface area contributed by atoms with E-state index in [0.717, 1.165) is 5.56 Å². The van der Waals surface area contributed by atoms with Crippen molar-refractivity contribution in [3.63, 3.8) is 0 Å². The zero-order valence-corrected chi connectivity index (χ0v) is 9.73. The monoisotopic (exact) mass is 236 g/mol. The van der Waals surface area contributed by atoms with Crippen molar-refractivity contribution in [1.82, 2.24) is 10.9 Å². The van der Waals surface area contributed by atoms with Crippen LogP contribution in [-0.4, -0.2) is 25.0 Å². The minimum absolute atomic E-state index is 0.0334. The van der Waals surface area contributed by atoms with Crippen LogP contribution in [-0.2, 0) is 20.7 Å². The third kappa shape index (κ3) is 5.67. The molecule has 0 aliphatic heterocycles. The van der Waals surface area contributed by atoms with Crippen molar-refractivity contribution >= 4 is 11.9 Å². The van der Waals surface area contributed by atoms with Gasteiger partial charge >= 0.3 is 5.97 Å². The van der Waals surface area contributed by atoms with Crippen LogP contribution in [0.15, 0.2) is 30.3 Å². The molecule has 0 saturated carbocycles. The van der Waals surface area contributed by atoms with Crippen molar-refractivity contribution in [3.05, 3.63) is 35.9 Å². The Morgan fingerprint density at radius 2 is 1.94 bits per heavy atom. The summed E-state index contributed by atoms with van der Waals surface area (Å²) in [4.78, 5) is 22.4. The largest absolute Gasteiger partial charge is 0.465 e. The fraction of sp³-hybridized carbons (Fsp3) is 0.333. The maximum absolute atomic E-state index is 11.4. The summed E-state index contributed by atoms with van der Waals surface area (Å²) in [6.45, 7) is 2.03. The van der Waals surface area contributed by atoms with Crippen molar-refractivity contribution in [2.24, 2.45) is 0 Å². The fourth-order valence-electron chi connectivity index (χ4n) is 1.25. The summed E-state index contributed by atoms with van der Waals surface area (Å²) in [6.07, 6.45) is 0.274. The molecule has 1 amide bonds. The van der Waals surface area contributed by atoms with Gasteiger partial charge in [0.15, 0.2) is 0 Å². The Balaban J connectivity index is 2.20. The number of ether oxygens (including phenoxy) is 1. The summed E-state index contributed by atoms with van der Waals surface area (Å²) in [5, 5.41) is 0. The van der Waals surface area contributed by atoms with Crippen LogP contribution in [0.2, 0.25) is 0 Å². The second-order valence-corrected chi connectivity index (χ2v) is 3.37. The first-order valence-electron chi connectivity index (χ1n) is 5.43. The molecule has 0 aliphatic rings. The van der Waals surface area contributed by atoms with E-state index in [1.165, 1.54) is 0 Å². The Labute approximate surface area is 100 Å². The normalized spacial score (nSPS) is 9.71. The van der Waals surface area contributed by atoms with Gasteiger partial charge in [0.25, 0.3) is 0 Å². The summed E-state index contributed by atoms with van der Waals surface area (Å²) in [6, 6.07) is 9.36. The number of hydrogen-bond donors (Lipinski definition) is 2. The first-order chi connectivity index (χ1) is 8.22. The predicted molar refractivity (Wildman–Crippen MR) is 62.9 cm³/mol. The number of rotatable bonds is 6. The summed E-state index contributed by atoms with van der Waals surface area (Å²) in [7, 11) is 0. The Hall–Kier alpha value is -1.88. The van der Waals surface area contributed by atoms with Gasteiger partial charge in [-0.05, 0) is 12.5 Å². The molecule has 17 heavy (non-hydrogen) atoms. The van der Waals surface area contributed by atoms with E-state index in [9.17, 15) is 9.59 Å². The highest BCUT2D eigenvalue weighted by Crippen LogP contribution is 1.98. The van der Waals surface area contributed by atoms with E-state index in [0.29, 0.717) is 6.61 Å². The minimum Gasteiger partial charge on any atom is -0.465 e. The van der Waals surface area contributed by atoms with Crippen molar-refractivity contribution in [1.29, 1.82) is 0 Å². The molecule has 0 unspecified atom stereocenters. The number of nitrogens with one attached hydrogen (secondary N) is 2. The van der Waals surface area contributed by atoms with Gasteiger partial charge in [-0.2, -0.15) is 0 Å². The lowest BCUT2D eigenvalue weighted by molar-refractivity contribution is -0.142. The number of amides is 1. The standard InChI is InChI=1S/C12H16N2O3/c1-2-17-12(16)9-13-14-11(15)8-10-6-4-3-5-7-10/h3-7,13H,2,8-9H2,1H3,(H,14,15). The van der Waals surface area contributed by atoms with Crippen molar-refractivity contribution < 1.29 is 14.3 Å². The molecular weight excluding hydrogens is 220 g/mol. The number of benzene rings is 1. The number of hydrazine groups is 1. The summed E-state index contributed by atoms with van der Waals surface area (Å²) >= 11 is 0. The highest BCUT2D eigenvalue weighted by molar-refractivity contribution is 5.78. The molecule has 0 radical (unpaired) electrons. The van der Waals surface area contributed by atoms with Gasteiger partial charge in [0.1, 0.15) is 6.54 Å². The summed E-state index contributed by atoms with van der Waals surface area (Å²) < 4.78 is 4.69. The SMILES string of the molecule is CCOC(=O)CNNC(=O)Cc1ccccc1. The zero-order valence-electron chi connectivity index (χ0n) is 9.73. The highest BCUT2D eigenvalue weighted by Gasteiger charge is 2.04. The second-order valence-electron chi connectivity index (χ2n) is 3.37. The molecule has 1 aromatic carbocycles. The smallest absolute Gasteiger partial charge is 0.321 e. The van der Waals surface area contributed by atoms with Crippen LogP contribution in [0.1, 0.15) is 12.5 Å². The molecule has 0 heterocycles. The molecule has 0 bridgehead atoms. The van der Waals surface area contributed by atoms with Crippen LogP contribution >= 0.6 is 0 Å². The average Bonchev–Trinajstić information content (AvgIpc) is 2.30. The molecule has 0 fully saturated rings. The van der Waals surface area contributed by atoms with Crippen molar-refractivity contribution in [2.45, 2.75) is 13.3 Å². The van der Waals surface area contributed by atoms with Crippen LogP contribution in [0.4, 0.5) is 0 Å². The molecule has 0 aromatic heterocycles. The molecule has 0 spiro atoms. The zero-order chi connectivity index (χ0) is 12.5. The molecule has 5 heteroatoms. The van der Waals surface area contributed by atoms with Gasteiger partial charge in [0, 0.05) is 0 Å². The van der Waals surface area contributed by atoms with Crippen LogP contribution in [0.25, 0.3) is 0 Å². The summed E-state index contributed by atoms with van der Waals surface area (Å²) in [5.74, 6) is -0.590. The highest BCUT2D eigenvalue weighted by atomic mass is 16.5. The van der Waals surface area contributed by atoms with E-state index in [2.05, 4.69) is 15.6 Å². The van der Waals surface area contributed by atoms with E-state index >= 15 is 0 Å². The first-order valence-corrected chi connectivity index (χ1v) is 5.43. The third-order valence-corrected chi connectivity index (χ3v) is 1.97. The molecule has 1 aromatic rings. The second kappa shape index (κ2) is 7.40. The topological polar surface area (TPSA) is 67.4 Å². The molecule has 0 atom stereocenters. The van der Waals surface area contributed by atoms with E-state index in [1.54, 1.807) is 6.92 Å². The van der Waals surface area contributed by atoms with Gasteiger partial charge in [-0.15, -0.1) is 0 Å². The molecule has 2 N–H and O–H groups in total. The van der Waals surface area contributed by atoms with Gasteiger partial charge in [-0.25, -0.2) is 5.43 Å². The van der Waals surface area contributed by atoms with E-state index in [1.807, 2.05) is 30.3 Å². The van der Waals surface area contributed by atoms with Crippen LogP contribution in [0.5, 0.6) is 0 Å². The maximum atomic E-state index is 11.4. The lowest BCUT2D eigenvalue weighted by Crippen LogP contribution is -2.41. The van der Waals surface area contributed by atoms with E-state index in [-0.39, 0.29) is 18.9 Å². The quantitative estimate of drug-likeness (QED) is 0.554. The minimum atomic E-state index is -0.396. The third-order valence-electron chi connectivity index (χ3n) is 1.97. The Kier molecular flexibility index (Phi) is 5.74. The van der Waals surface area contributed by atoms with Crippen molar-refractivity contribution in [3.8, 4) is 0 Å². The molecule has 1 rings (SSSR count). The lowest BCUT2D eigenvalue weighted by Gasteiger charge is -2.06. The van der Waals surface area contributed by atoms with Crippen LogP contribution in [0, 0.1) is 0 Å². The Morgan fingerprint density at radius 3 is 2.59 bits per heavy atom. The van der Waals surface area contributed by atoms with Crippen LogP contribution < -0.4 is 10.9 Å². The molecule has 92 valence electrons. The predicted octanol–water partition coefficient (Wildman–Crippen LogP) is 0.413. The lowest BCUT2D eigenvalue weighted by atomic mass is 10.1. The van der Waals surface area contributed by atoms with Crippen molar-refractivity contribution in [2.75, 3.05) is 13.2 Å². The fourth-order valence-corrected chi connectivity index (χ4v) is 1.25.